The average molecular weight is 344 g/mol. The third kappa shape index (κ3) is 4.68. The number of hydrogen-bond donors (Lipinski definition) is 0. The molecule has 1 aliphatic heterocycles. The fourth-order valence-corrected chi connectivity index (χ4v) is 3.64. The minimum atomic E-state index is -0.315. The Kier molecular flexibility index (Phi) is 5.84. The second-order valence-electron chi connectivity index (χ2n) is 6.87. The Labute approximate surface area is 148 Å². The molecule has 4 nitrogen and oxygen atoms in total. The number of piperazine rings is 1. The van der Waals surface area contributed by atoms with Gasteiger partial charge in [-0.3, -0.25) is 9.59 Å². The number of halogens is 1. The van der Waals surface area contributed by atoms with E-state index >= 15 is 0 Å². The topological polar surface area (TPSA) is 40.6 Å². The minimum absolute atomic E-state index is 0.0889. The van der Waals surface area contributed by atoms with Crippen LogP contribution in [0, 0.1) is 11.7 Å². The van der Waals surface area contributed by atoms with Gasteiger partial charge in [0.2, 0.25) is 11.8 Å². The van der Waals surface area contributed by atoms with E-state index in [2.05, 4.69) is 0 Å². The second kappa shape index (κ2) is 8.28. The van der Waals surface area contributed by atoms with Crippen molar-refractivity contribution in [1.29, 1.82) is 0 Å². The van der Waals surface area contributed by atoms with Gasteiger partial charge in [0.05, 0.1) is 0 Å². The van der Waals surface area contributed by atoms with E-state index in [9.17, 15) is 14.0 Å². The quantitative estimate of drug-likeness (QED) is 0.791. The van der Waals surface area contributed by atoms with Crippen molar-refractivity contribution in [2.75, 3.05) is 26.2 Å². The van der Waals surface area contributed by atoms with Gasteiger partial charge in [-0.2, -0.15) is 0 Å². The average Bonchev–Trinajstić information content (AvgIpc) is 2.66. The van der Waals surface area contributed by atoms with Crippen LogP contribution in [0.4, 0.5) is 4.39 Å². The van der Waals surface area contributed by atoms with Gasteiger partial charge in [0.1, 0.15) is 5.82 Å². The summed E-state index contributed by atoms with van der Waals surface area (Å²) in [5.74, 6) is 0.0458. The van der Waals surface area contributed by atoms with Crippen LogP contribution in [0.2, 0.25) is 0 Å². The number of benzene rings is 1. The highest BCUT2D eigenvalue weighted by Crippen LogP contribution is 2.25. The second-order valence-corrected chi connectivity index (χ2v) is 6.87. The Morgan fingerprint density at radius 3 is 2.36 bits per heavy atom. The summed E-state index contributed by atoms with van der Waals surface area (Å²) in [5, 5.41) is 0. The Morgan fingerprint density at radius 2 is 1.68 bits per heavy atom. The van der Waals surface area contributed by atoms with E-state index in [1.165, 1.54) is 24.6 Å². The van der Waals surface area contributed by atoms with E-state index in [-0.39, 0.29) is 23.5 Å². The van der Waals surface area contributed by atoms with Crippen molar-refractivity contribution in [2.24, 2.45) is 5.92 Å². The van der Waals surface area contributed by atoms with Gasteiger partial charge in [-0.25, -0.2) is 4.39 Å². The Hall–Kier alpha value is -2.17. The SMILES string of the molecule is O=C(/C=C/c1cccc(F)c1)N1CCN(C(=O)C2CCCCC2)CC1. The standard InChI is InChI=1S/C20H25FN2O2/c21-18-8-4-5-16(15-18)9-10-19(24)22-11-13-23(14-12-22)20(25)17-6-2-1-3-7-17/h4-5,8-10,15,17H,1-3,6-7,11-14H2/b10-9+. The van der Waals surface area contributed by atoms with Crippen LogP contribution in [-0.2, 0) is 9.59 Å². The molecule has 0 N–H and O–H groups in total. The van der Waals surface area contributed by atoms with Crippen LogP contribution >= 0.6 is 0 Å². The lowest BCUT2D eigenvalue weighted by Crippen LogP contribution is -2.51. The van der Waals surface area contributed by atoms with Gasteiger partial charge >= 0.3 is 0 Å². The molecule has 1 aromatic rings. The summed E-state index contributed by atoms with van der Waals surface area (Å²) >= 11 is 0. The monoisotopic (exact) mass is 344 g/mol. The first-order valence-electron chi connectivity index (χ1n) is 9.15. The van der Waals surface area contributed by atoms with E-state index in [0.717, 1.165) is 25.7 Å². The lowest BCUT2D eigenvalue weighted by molar-refractivity contribution is -0.141. The van der Waals surface area contributed by atoms with Crippen LogP contribution in [-0.4, -0.2) is 47.8 Å². The molecule has 0 aromatic heterocycles. The minimum Gasteiger partial charge on any atom is -0.339 e. The molecule has 1 aromatic carbocycles. The molecular formula is C20H25FN2O2. The lowest BCUT2D eigenvalue weighted by atomic mass is 9.88. The van der Waals surface area contributed by atoms with E-state index in [0.29, 0.717) is 31.7 Å². The van der Waals surface area contributed by atoms with Crippen molar-refractivity contribution in [3.8, 4) is 0 Å². The molecule has 5 heteroatoms. The zero-order chi connectivity index (χ0) is 17.6. The van der Waals surface area contributed by atoms with E-state index < -0.39 is 0 Å². The van der Waals surface area contributed by atoms with Crippen LogP contribution in [0.15, 0.2) is 30.3 Å². The molecule has 2 amide bonds. The lowest BCUT2D eigenvalue weighted by Gasteiger charge is -2.36. The van der Waals surface area contributed by atoms with Gasteiger partial charge in [0.15, 0.2) is 0 Å². The van der Waals surface area contributed by atoms with Crippen molar-refractivity contribution in [3.05, 3.63) is 41.7 Å². The summed E-state index contributed by atoms with van der Waals surface area (Å²) in [5.41, 5.74) is 0.666. The predicted octanol–water partition coefficient (Wildman–Crippen LogP) is 3.09. The molecule has 2 aliphatic rings. The Bertz CT molecular complexity index is 645. The van der Waals surface area contributed by atoms with Crippen molar-refractivity contribution in [1.82, 2.24) is 9.80 Å². The normalized spacial score (nSPS) is 19.4. The van der Waals surface area contributed by atoms with E-state index in [1.54, 1.807) is 23.1 Å². The van der Waals surface area contributed by atoms with Crippen molar-refractivity contribution < 1.29 is 14.0 Å². The molecule has 1 saturated heterocycles. The number of rotatable bonds is 3. The molecule has 0 atom stereocenters. The van der Waals surface area contributed by atoms with Crippen LogP contribution in [0.5, 0.6) is 0 Å². The smallest absolute Gasteiger partial charge is 0.246 e. The summed E-state index contributed by atoms with van der Waals surface area (Å²) in [7, 11) is 0. The fraction of sp³-hybridized carbons (Fsp3) is 0.500. The molecule has 25 heavy (non-hydrogen) atoms. The third-order valence-electron chi connectivity index (χ3n) is 5.12. The van der Waals surface area contributed by atoms with Gasteiger partial charge in [-0.15, -0.1) is 0 Å². The summed E-state index contributed by atoms with van der Waals surface area (Å²) in [6, 6.07) is 6.15. The van der Waals surface area contributed by atoms with Crippen molar-refractivity contribution in [2.45, 2.75) is 32.1 Å². The first kappa shape index (κ1) is 17.6. The van der Waals surface area contributed by atoms with Crippen molar-refractivity contribution >= 4 is 17.9 Å². The zero-order valence-corrected chi connectivity index (χ0v) is 14.5. The highest BCUT2D eigenvalue weighted by atomic mass is 19.1. The number of hydrogen-bond acceptors (Lipinski definition) is 2. The van der Waals surface area contributed by atoms with E-state index in [1.807, 2.05) is 4.90 Å². The molecule has 1 heterocycles. The summed E-state index contributed by atoms with van der Waals surface area (Å²) in [6.07, 6.45) is 8.67. The largest absolute Gasteiger partial charge is 0.339 e. The first-order valence-corrected chi connectivity index (χ1v) is 9.15. The van der Waals surface area contributed by atoms with E-state index in [4.69, 9.17) is 0 Å². The Balaban J connectivity index is 1.49. The highest BCUT2D eigenvalue weighted by molar-refractivity contribution is 5.92. The molecule has 1 saturated carbocycles. The van der Waals surface area contributed by atoms with Gasteiger partial charge < -0.3 is 9.80 Å². The maximum atomic E-state index is 13.2. The summed E-state index contributed by atoms with van der Waals surface area (Å²) < 4.78 is 13.2. The predicted molar refractivity (Wildman–Crippen MR) is 95.2 cm³/mol. The molecule has 0 radical (unpaired) electrons. The Morgan fingerprint density at radius 1 is 1.00 bits per heavy atom. The number of nitrogens with zero attached hydrogens (tertiary/aromatic N) is 2. The zero-order valence-electron chi connectivity index (χ0n) is 14.5. The first-order chi connectivity index (χ1) is 12.1. The molecule has 0 spiro atoms. The molecule has 1 aliphatic carbocycles. The third-order valence-corrected chi connectivity index (χ3v) is 5.12. The number of carbonyl (C=O) groups is 2. The van der Waals surface area contributed by atoms with Crippen LogP contribution in [0.25, 0.3) is 6.08 Å². The fourth-order valence-electron chi connectivity index (χ4n) is 3.64. The van der Waals surface area contributed by atoms with Crippen LogP contribution in [0.1, 0.15) is 37.7 Å². The highest BCUT2D eigenvalue weighted by Gasteiger charge is 2.29. The van der Waals surface area contributed by atoms with Gasteiger partial charge in [0.25, 0.3) is 0 Å². The van der Waals surface area contributed by atoms with Crippen LogP contribution < -0.4 is 0 Å². The molecule has 2 fully saturated rings. The van der Waals surface area contributed by atoms with Gasteiger partial charge in [-0.1, -0.05) is 31.4 Å². The molecule has 0 bridgehead atoms. The summed E-state index contributed by atoms with van der Waals surface area (Å²) in [6.45, 7) is 2.33. The number of carbonyl (C=O) groups excluding carboxylic acids is 2. The molecule has 134 valence electrons. The van der Waals surface area contributed by atoms with Crippen molar-refractivity contribution in [3.63, 3.8) is 0 Å². The van der Waals surface area contributed by atoms with Crippen LogP contribution in [0.3, 0.4) is 0 Å². The molecular weight excluding hydrogens is 319 g/mol. The van der Waals surface area contributed by atoms with Gasteiger partial charge in [0, 0.05) is 38.2 Å². The molecule has 0 unspecified atom stereocenters. The van der Waals surface area contributed by atoms with Gasteiger partial charge in [-0.05, 0) is 36.6 Å². The number of amides is 2. The maximum Gasteiger partial charge on any atom is 0.246 e. The maximum absolute atomic E-state index is 13.2. The summed E-state index contributed by atoms with van der Waals surface area (Å²) in [4.78, 5) is 28.5. The molecule has 3 rings (SSSR count).